The first-order chi connectivity index (χ1) is 6.47. The van der Waals surface area contributed by atoms with E-state index in [1.807, 2.05) is 17.5 Å². The van der Waals surface area contributed by atoms with Crippen LogP contribution in [0.4, 0.5) is 13.2 Å². The van der Waals surface area contributed by atoms with Gasteiger partial charge in [-0.3, -0.25) is 0 Å². The number of hydrogen-bond donors (Lipinski definition) is 1. The summed E-state index contributed by atoms with van der Waals surface area (Å²) in [6.45, 7) is 0. The lowest BCUT2D eigenvalue weighted by atomic mass is 10.1. The molecular weight excluding hydrogens is 213 g/mol. The van der Waals surface area contributed by atoms with E-state index in [1.165, 1.54) is 11.3 Å². The molecule has 5 heteroatoms. The van der Waals surface area contributed by atoms with Crippen molar-refractivity contribution in [2.24, 2.45) is 0 Å². The van der Waals surface area contributed by atoms with Crippen molar-refractivity contribution in [3.63, 3.8) is 0 Å². The van der Waals surface area contributed by atoms with E-state index in [1.54, 1.807) is 0 Å². The first-order valence-corrected chi connectivity index (χ1v) is 5.12. The Balaban J connectivity index is 2.26. The van der Waals surface area contributed by atoms with Crippen molar-refractivity contribution in [3.05, 3.63) is 22.4 Å². The predicted octanol–water partition coefficient (Wildman–Crippen LogP) is 2.99. The van der Waals surface area contributed by atoms with Gasteiger partial charge in [-0.05, 0) is 17.9 Å². The van der Waals surface area contributed by atoms with Gasteiger partial charge in [0, 0.05) is 17.7 Å². The molecule has 0 aromatic carbocycles. The lowest BCUT2D eigenvalue weighted by Gasteiger charge is -2.10. The Kier molecular flexibility index (Phi) is 3.95. The van der Waals surface area contributed by atoms with E-state index in [9.17, 15) is 18.3 Å². The molecule has 1 nitrogen and oxygen atoms in total. The fourth-order valence-electron chi connectivity index (χ4n) is 1.09. The average molecular weight is 224 g/mol. The maximum Gasteiger partial charge on any atom is 0.389 e. The number of alkyl halides is 3. The third kappa shape index (κ3) is 4.62. The highest BCUT2D eigenvalue weighted by molar-refractivity contribution is 7.09. The SMILES string of the molecule is OC(CCC(F)(F)F)Cc1cccs1. The smallest absolute Gasteiger partial charge is 0.389 e. The number of hydrogen-bond acceptors (Lipinski definition) is 2. The summed E-state index contributed by atoms with van der Waals surface area (Å²) in [6.07, 6.45) is -5.89. The molecule has 0 fully saturated rings. The topological polar surface area (TPSA) is 20.2 Å². The van der Waals surface area contributed by atoms with E-state index in [0.29, 0.717) is 6.42 Å². The zero-order valence-corrected chi connectivity index (χ0v) is 8.24. The molecule has 1 unspecified atom stereocenters. The summed E-state index contributed by atoms with van der Waals surface area (Å²) in [4.78, 5) is 0.916. The highest BCUT2D eigenvalue weighted by Gasteiger charge is 2.27. The Bertz CT molecular complexity index is 256. The number of aliphatic hydroxyl groups excluding tert-OH is 1. The van der Waals surface area contributed by atoms with Crippen LogP contribution in [-0.4, -0.2) is 17.4 Å². The molecule has 1 heterocycles. The first-order valence-electron chi connectivity index (χ1n) is 4.24. The van der Waals surface area contributed by atoms with Gasteiger partial charge in [0.05, 0.1) is 6.10 Å². The molecule has 0 aliphatic carbocycles. The summed E-state index contributed by atoms with van der Waals surface area (Å²) in [5.41, 5.74) is 0. The van der Waals surface area contributed by atoms with E-state index in [0.717, 1.165) is 4.88 Å². The molecular formula is C9H11F3OS. The molecule has 0 spiro atoms. The highest BCUT2D eigenvalue weighted by Crippen LogP contribution is 2.23. The molecule has 0 saturated carbocycles. The Hall–Kier alpha value is -0.550. The van der Waals surface area contributed by atoms with E-state index in [-0.39, 0.29) is 6.42 Å². The summed E-state index contributed by atoms with van der Waals surface area (Å²) >= 11 is 1.44. The van der Waals surface area contributed by atoms with Crippen molar-refractivity contribution in [2.45, 2.75) is 31.5 Å². The number of thiophene rings is 1. The Morgan fingerprint density at radius 2 is 2.14 bits per heavy atom. The van der Waals surface area contributed by atoms with Gasteiger partial charge in [-0.15, -0.1) is 11.3 Å². The number of aliphatic hydroxyl groups is 1. The molecule has 80 valence electrons. The average Bonchev–Trinajstić information content (AvgIpc) is 2.52. The normalized spacial score (nSPS) is 14.3. The second-order valence-electron chi connectivity index (χ2n) is 3.09. The van der Waals surface area contributed by atoms with Gasteiger partial charge in [0.15, 0.2) is 0 Å². The molecule has 0 aliphatic rings. The predicted molar refractivity (Wildman–Crippen MR) is 49.3 cm³/mol. The summed E-state index contributed by atoms with van der Waals surface area (Å²) < 4.78 is 35.4. The lowest BCUT2D eigenvalue weighted by molar-refractivity contribution is -0.139. The van der Waals surface area contributed by atoms with Crippen LogP contribution in [0.1, 0.15) is 17.7 Å². The zero-order chi connectivity index (χ0) is 10.6. The molecule has 1 atom stereocenters. The van der Waals surface area contributed by atoms with Crippen LogP contribution in [0.25, 0.3) is 0 Å². The van der Waals surface area contributed by atoms with Crippen LogP contribution in [0.15, 0.2) is 17.5 Å². The first kappa shape index (κ1) is 11.5. The van der Waals surface area contributed by atoms with Crippen LogP contribution < -0.4 is 0 Å². The molecule has 1 aromatic heterocycles. The summed E-state index contributed by atoms with van der Waals surface area (Å²) in [7, 11) is 0. The lowest BCUT2D eigenvalue weighted by Crippen LogP contribution is -2.15. The minimum Gasteiger partial charge on any atom is -0.393 e. The van der Waals surface area contributed by atoms with Crippen molar-refractivity contribution in [2.75, 3.05) is 0 Å². The van der Waals surface area contributed by atoms with E-state index >= 15 is 0 Å². The molecule has 0 amide bonds. The monoisotopic (exact) mass is 224 g/mol. The maximum absolute atomic E-state index is 11.8. The molecule has 14 heavy (non-hydrogen) atoms. The van der Waals surface area contributed by atoms with E-state index < -0.39 is 18.7 Å². The largest absolute Gasteiger partial charge is 0.393 e. The standard InChI is InChI=1S/C9H11F3OS/c10-9(11,12)4-3-7(13)6-8-2-1-5-14-8/h1-2,5,7,13H,3-4,6H2. The molecule has 0 aliphatic heterocycles. The Morgan fingerprint density at radius 1 is 1.43 bits per heavy atom. The van der Waals surface area contributed by atoms with Gasteiger partial charge in [-0.1, -0.05) is 6.07 Å². The Labute approximate surface area is 84.2 Å². The molecule has 1 aromatic rings. The molecule has 1 rings (SSSR count). The van der Waals surface area contributed by atoms with Gasteiger partial charge in [-0.2, -0.15) is 13.2 Å². The quantitative estimate of drug-likeness (QED) is 0.833. The number of rotatable bonds is 4. The van der Waals surface area contributed by atoms with Crippen LogP contribution in [-0.2, 0) is 6.42 Å². The van der Waals surface area contributed by atoms with Crippen LogP contribution in [0.5, 0.6) is 0 Å². The highest BCUT2D eigenvalue weighted by atomic mass is 32.1. The van der Waals surface area contributed by atoms with E-state index in [2.05, 4.69) is 0 Å². The van der Waals surface area contributed by atoms with Crippen LogP contribution in [0.2, 0.25) is 0 Å². The molecule has 0 bridgehead atoms. The Morgan fingerprint density at radius 3 is 2.64 bits per heavy atom. The minimum atomic E-state index is -4.17. The molecule has 1 N–H and O–H groups in total. The van der Waals surface area contributed by atoms with Gasteiger partial charge in [0.25, 0.3) is 0 Å². The van der Waals surface area contributed by atoms with E-state index in [4.69, 9.17) is 0 Å². The van der Waals surface area contributed by atoms with Crippen molar-refractivity contribution < 1.29 is 18.3 Å². The van der Waals surface area contributed by atoms with Gasteiger partial charge < -0.3 is 5.11 Å². The van der Waals surface area contributed by atoms with Crippen molar-refractivity contribution in [1.29, 1.82) is 0 Å². The van der Waals surface area contributed by atoms with Gasteiger partial charge in [0.1, 0.15) is 0 Å². The van der Waals surface area contributed by atoms with Crippen LogP contribution in [0.3, 0.4) is 0 Å². The second-order valence-corrected chi connectivity index (χ2v) is 4.12. The summed E-state index contributed by atoms with van der Waals surface area (Å²) in [5.74, 6) is 0. The minimum absolute atomic E-state index is 0.221. The van der Waals surface area contributed by atoms with Gasteiger partial charge in [-0.25, -0.2) is 0 Å². The van der Waals surface area contributed by atoms with Crippen molar-refractivity contribution in [1.82, 2.24) is 0 Å². The summed E-state index contributed by atoms with van der Waals surface area (Å²) in [6, 6.07) is 3.62. The maximum atomic E-state index is 11.8. The summed E-state index contributed by atoms with van der Waals surface area (Å²) in [5, 5.41) is 11.1. The van der Waals surface area contributed by atoms with Crippen molar-refractivity contribution >= 4 is 11.3 Å². The van der Waals surface area contributed by atoms with Crippen LogP contribution >= 0.6 is 11.3 Å². The van der Waals surface area contributed by atoms with Crippen LogP contribution in [0, 0.1) is 0 Å². The molecule has 0 saturated heterocycles. The fourth-order valence-corrected chi connectivity index (χ4v) is 1.87. The fraction of sp³-hybridized carbons (Fsp3) is 0.556. The number of halogens is 3. The van der Waals surface area contributed by atoms with Crippen molar-refractivity contribution in [3.8, 4) is 0 Å². The third-order valence-electron chi connectivity index (χ3n) is 1.78. The molecule has 0 radical (unpaired) electrons. The van der Waals surface area contributed by atoms with Gasteiger partial charge in [0.2, 0.25) is 0 Å². The van der Waals surface area contributed by atoms with Gasteiger partial charge >= 0.3 is 6.18 Å². The third-order valence-corrected chi connectivity index (χ3v) is 2.68. The second kappa shape index (κ2) is 4.79. The zero-order valence-electron chi connectivity index (χ0n) is 7.42.